The van der Waals surface area contributed by atoms with Gasteiger partial charge >= 0.3 is 6.18 Å². The second kappa shape index (κ2) is 13.8. The van der Waals surface area contributed by atoms with E-state index in [0.29, 0.717) is 43.0 Å². The van der Waals surface area contributed by atoms with Crippen molar-refractivity contribution in [1.82, 2.24) is 20.3 Å². The third kappa shape index (κ3) is 8.65. The average Bonchev–Trinajstić information content (AvgIpc) is 3.47. The molecule has 0 spiro atoms. The Morgan fingerprint density at radius 2 is 1.79 bits per heavy atom. The summed E-state index contributed by atoms with van der Waals surface area (Å²) in [5, 5.41) is 7.12. The summed E-state index contributed by atoms with van der Waals surface area (Å²) in [7, 11) is -3.52. The number of rotatable bonds is 11. The van der Waals surface area contributed by atoms with Crippen LogP contribution in [-0.2, 0) is 27.5 Å². The zero-order valence-electron chi connectivity index (χ0n) is 23.3. The van der Waals surface area contributed by atoms with E-state index in [9.17, 15) is 31.2 Å². The number of piperidine rings is 1. The average molecular weight is 607 g/mol. The molecule has 0 bridgehead atoms. The molecule has 2 fully saturated rings. The summed E-state index contributed by atoms with van der Waals surface area (Å²) in [5.41, 5.74) is 1.07. The number of halogens is 3. The molecule has 2 aromatic carbocycles. The van der Waals surface area contributed by atoms with E-state index in [0.717, 1.165) is 49.0 Å². The van der Waals surface area contributed by atoms with Gasteiger partial charge in [0.1, 0.15) is 0 Å². The first kappa shape index (κ1) is 31.7. The van der Waals surface area contributed by atoms with Crippen LogP contribution in [0.3, 0.4) is 0 Å². The fraction of sp³-hybridized carbons (Fsp3) is 0.467. The molecule has 0 unspecified atom stereocenters. The maximum Gasteiger partial charge on any atom is 0.416 e. The monoisotopic (exact) mass is 606 g/mol. The van der Waals surface area contributed by atoms with Crippen LogP contribution < -0.4 is 15.4 Å². The fourth-order valence-corrected chi connectivity index (χ4v) is 6.08. The second-order valence-electron chi connectivity index (χ2n) is 11.0. The summed E-state index contributed by atoms with van der Waals surface area (Å²) < 4.78 is 64.4. The summed E-state index contributed by atoms with van der Waals surface area (Å²) in [5.74, 6) is -0.561. The summed E-state index contributed by atoms with van der Waals surface area (Å²) in [6.07, 6.45) is -1.13. The summed E-state index contributed by atoms with van der Waals surface area (Å²) in [6.45, 7) is 6.31. The highest BCUT2D eigenvalue weighted by atomic mass is 32.2. The Morgan fingerprint density at radius 3 is 2.40 bits per heavy atom. The molecule has 8 nitrogen and oxygen atoms in total. The van der Waals surface area contributed by atoms with Crippen molar-refractivity contribution in [3.63, 3.8) is 0 Å². The predicted molar refractivity (Wildman–Crippen MR) is 154 cm³/mol. The van der Waals surface area contributed by atoms with Gasteiger partial charge in [0.25, 0.3) is 5.91 Å². The van der Waals surface area contributed by atoms with Crippen LogP contribution >= 0.6 is 0 Å². The number of nitrogens with zero attached hydrogens (tertiary/aromatic N) is 1. The molecule has 2 aliphatic rings. The number of amides is 2. The predicted octanol–water partition coefficient (Wildman–Crippen LogP) is 4.02. The van der Waals surface area contributed by atoms with Crippen molar-refractivity contribution >= 4 is 21.8 Å². The largest absolute Gasteiger partial charge is 0.416 e. The Morgan fingerprint density at radius 1 is 1.07 bits per heavy atom. The van der Waals surface area contributed by atoms with Crippen LogP contribution in [0, 0.1) is 11.8 Å². The van der Waals surface area contributed by atoms with Crippen molar-refractivity contribution in [1.29, 1.82) is 0 Å². The van der Waals surface area contributed by atoms with E-state index in [2.05, 4.69) is 21.9 Å². The van der Waals surface area contributed by atoms with Crippen LogP contribution in [0.2, 0.25) is 0 Å². The number of hydrogen-bond donors (Lipinski definition) is 3. The third-order valence-electron chi connectivity index (χ3n) is 7.96. The van der Waals surface area contributed by atoms with Gasteiger partial charge in [0.15, 0.2) is 0 Å². The van der Waals surface area contributed by atoms with Gasteiger partial charge in [0.2, 0.25) is 15.9 Å². The number of alkyl halides is 3. The van der Waals surface area contributed by atoms with E-state index >= 15 is 0 Å². The smallest absolute Gasteiger partial charge is 0.351 e. The van der Waals surface area contributed by atoms with Crippen molar-refractivity contribution in [3.05, 3.63) is 82.8 Å². The number of sulfonamides is 1. The van der Waals surface area contributed by atoms with Gasteiger partial charge in [-0.1, -0.05) is 30.8 Å². The van der Waals surface area contributed by atoms with Crippen molar-refractivity contribution in [2.24, 2.45) is 11.8 Å². The Balaban J connectivity index is 1.40. The molecule has 42 heavy (non-hydrogen) atoms. The van der Waals surface area contributed by atoms with Gasteiger partial charge in [-0.25, -0.2) is 13.1 Å². The molecule has 2 amide bonds. The molecule has 0 radical (unpaired) electrons. The molecule has 12 heteroatoms. The summed E-state index contributed by atoms with van der Waals surface area (Å²) in [6, 6.07) is 11.7. The minimum atomic E-state index is -4.42. The number of carbonyl (C=O) groups excluding carboxylic acids is 2. The van der Waals surface area contributed by atoms with Crippen molar-refractivity contribution < 1.29 is 31.2 Å². The Bertz CT molecular complexity index is 1340. The van der Waals surface area contributed by atoms with E-state index in [4.69, 9.17) is 0 Å². The molecule has 4 rings (SSSR count). The molecule has 0 aromatic heterocycles. The molecule has 2 saturated heterocycles. The van der Waals surface area contributed by atoms with Gasteiger partial charge in [0, 0.05) is 37.2 Å². The SMILES string of the molecule is C=CS(=O)(=O)NC[C@H]1CCN(C(=O)c2ccc([C@@H](C[C@H]3CCCNC3)C(=O)NCc3ccc(C(F)(F)F)cc3)cc2)C1. The first-order valence-electron chi connectivity index (χ1n) is 14.1. The molecule has 0 aliphatic carbocycles. The number of likely N-dealkylation sites (tertiary alicyclic amines) is 1. The molecule has 2 aromatic rings. The van der Waals surface area contributed by atoms with Crippen molar-refractivity contribution in [2.45, 2.75) is 44.3 Å². The standard InChI is InChI=1S/C30H37F3N4O4S/c1-2-42(40,41)36-19-23-13-15-37(20-23)29(39)25-9-7-24(8-10-25)27(16-22-4-3-14-34-17-22)28(38)35-18-21-5-11-26(12-6-21)30(31,32)33/h2,5-12,22-23,27,34,36H,1,3-4,13-20H2,(H,35,38)/t22-,23-,27-/m1/s1. The highest BCUT2D eigenvalue weighted by molar-refractivity contribution is 7.92. The number of carbonyl (C=O) groups is 2. The van der Waals surface area contributed by atoms with Crippen LogP contribution in [0.25, 0.3) is 0 Å². The highest BCUT2D eigenvalue weighted by Crippen LogP contribution is 2.30. The lowest BCUT2D eigenvalue weighted by Gasteiger charge is -2.27. The van der Waals surface area contributed by atoms with E-state index in [1.807, 2.05) is 0 Å². The van der Waals surface area contributed by atoms with Gasteiger partial charge in [0.05, 0.1) is 11.5 Å². The zero-order chi connectivity index (χ0) is 30.3. The Labute approximate surface area is 244 Å². The van der Waals surface area contributed by atoms with Crippen LogP contribution in [0.1, 0.15) is 58.6 Å². The Hall–Kier alpha value is -3.22. The highest BCUT2D eigenvalue weighted by Gasteiger charge is 2.31. The lowest BCUT2D eigenvalue weighted by Crippen LogP contribution is -2.35. The fourth-order valence-electron chi connectivity index (χ4n) is 5.49. The lowest BCUT2D eigenvalue weighted by molar-refractivity contribution is -0.137. The first-order valence-corrected chi connectivity index (χ1v) is 15.7. The molecule has 3 atom stereocenters. The van der Waals surface area contributed by atoms with Gasteiger partial charge in [-0.2, -0.15) is 13.2 Å². The maximum atomic E-state index is 13.4. The van der Waals surface area contributed by atoms with Crippen LogP contribution in [0.5, 0.6) is 0 Å². The van der Waals surface area contributed by atoms with E-state index in [1.54, 1.807) is 29.2 Å². The summed E-state index contributed by atoms with van der Waals surface area (Å²) in [4.78, 5) is 28.2. The minimum absolute atomic E-state index is 0.00444. The topological polar surface area (TPSA) is 108 Å². The van der Waals surface area contributed by atoms with E-state index in [-0.39, 0.29) is 30.8 Å². The van der Waals surface area contributed by atoms with Crippen molar-refractivity contribution in [3.8, 4) is 0 Å². The van der Waals surface area contributed by atoms with Gasteiger partial charge < -0.3 is 15.5 Å². The third-order valence-corrected chi connectivity index (χ3v) is 8.97. The minimum Gasteiger partial charge on any atom is -0.351 e. The molecule has 228 valence electrons. The molecular formula is C30H37F3N4O4S. The van der Waals surface area contributed by atoms with Crippen molar-refractivity contribution in [2.75, 3.05) is 32.7 Å². The molecule has 0 saturated carbocycles. The maximum absolute atomic E-state index is 13.4. The normalized spacial score (nSPS) is 20.2. The number of benzene rings is 2. The molecule has 2 heterocycles. The quantitative estimate of drug-likeness (QED) is 0.358. The van der Waals surface area contributed by atoms with Gasteiger partial charge in [-0.3, -0.25) is 9.59 Å². The van der Waals surface area contributed by atoms with E-state index in [1.165, 1.54) is 12.1 Å². The zero-order valence-corrected chi connectivity index (χ0v) is 24.1. The molecular weight excluding hydrogens is 569 g/mol. The van der Waals surface area contributed by atoms with Gasteiger partial charge in [-0.15, -0.1) is 0 Å². The number of hydrogen-bond acceptors (Lipinski definition) is 5. The van der Waals surface area contributed by atoms with Gasteiger partial charge in [-0.05, 0) is 86.0 Å². The molecule has 2 aliphatic heterocycles. The number of nitrogens with one attached hydrogen (secondary N) is 3. The van der Waals surface area contributed by atoms with Crippen LogP contribution in [0.15, 0.2) is 60.5 Å². The van der Waals surface area contributed by atoms with Crippen LogP contribution in [-0.4, -0.2) is 57.9 Å². The lowest BCUT2D eigenvalue weighted by atomic mass is 9.84. The first-order chi connectivity index (χ1) is 19.9. The molecule has 3 N–H and O–H groups in total. The van der Waals surface area contributed by atoms with E-state index < -0.39 is 27.7 Å². The second-order valence-corrected chi connectivity index (χ2v) is 12.7. The summed E-state index contributed by atoms with van der Waals surface area (Å²) >= 11 is 0. The Kier molecular flexibility index (Phi) is 10.4. The van der Waals surface area contributed by atoms with Crippen LogP contribution in [0.4, 0.5) is 13.2 Å².